The van der Waals surface area contributed by atoms with Crippen LogP contribution in [0.2, 0.25) is 0 Å². The fourth-order valence-corrected chi connectivity index (χ4v) is 3.36. The van der Waals surface area contributed by atoms with E-state index in [-0.39, 0.29) is 17.8 Å². The number of amides is 1. The Balaban J connectivity index is 1.59. The van der Waals surface area contributed by atoms with Gasteiger partial charge in [0.1, 0.15) is 17.3 Å². The maximum absolute atomic E-state index is 13.1. The van der Waals surface area contributed by atoms with Gasteiger partial charge in [0.2, 0.25) is 0 Å². The SMILES string of the molecule is CCn1nccc1C(=O)N1CCC[C@H]1c1nc(-c2ccc(F)cc2)n[nH]1. The number of carbonyl (C=O) groups is 1. The second-order valence-corrected chi connectivity index (χ2v) is 6.24. The van der Waals surface area contributed by atoms with E-state index in [1.807, 2.05) is 11.8 Å². The van der Waals surface area contributed by atoms with E-state index >= 15 is 0 Å². The predicted molar refractivity (Wildman–Crippen MR) is 92.7 cm³/mol. The molecule has 1 saturated heterocycles. The quantitative estimate of drug-likeness (QED) is 0.781. The lowest BCUT2D eigenvalue weighted by molar-refractivity contribution is 0.0717. The number of nitrogens with one attached hydrogen (secondary N) is 1. The second-order valence-electron chi connectivity index (χ2n) is 6.24. The van der Waals surface area contributed by atoms with Crippen molar-refractivity contribution < 1.29 is 9.18 Å². The minimum absolute atomic E-state index is 0.0495. The number of rotatable bonds is 4. The van der Waals surface area contributed by atoms with Crippen molar-refractivity contribution in [2.24, 2.45) is 0 Å². The molecule has 0 radical (unpaired) electrons. The van der Waals surface area contributed by atoms with Crippen LogP contribution in [0.25, 0.3) is 11.4 Å². The molecule has 0 spiro atoms. The van der Waals surface area contributed by atoms with Gasteiger partial charge in [0.05, 0.1) is 6.04 Å². The first kappa shape index (κ1) is 16.4. The first-order chi connectivity index (χ1) is 12.7. The van der Waals surface area contributed by atoms with Gasteiger partial charge in [-0.15, -0.1) is 0 Å². The maximum atomic E-state index is 13.1. The van der Waals surface area contributed by atoms with Gasteiger partial charge in [0, 0.05) is 24.8 Å². The largest absolute Gasteiger partial charge is 0.327 e. The number of aromatic nitrogens is 5. The number of hydrogen-bond donors (Lipinski definition) is 1. The molecule has 0 aliphatic carbocycles. The average molecular weight is 354 g/mol. The van der Waals surface area contributed by atoms with Crippen LogP contribution in [-0.4, -0.2) is 42.3 Å². The van der Waals surface area contributed by atoms with E-state index in [0.29, 0.717) is 30.4 Å². The number of aromatic amines is 1. The average Bonchev–Trinajstić information content (AvgIpc) is 3.40. The molecule has 7 nitrogen and oxygen atoms in total. The van der Waals surface area contributed by atoms with Gasteiger partial charge in [-0.05, 0) is 50.1 Å². The Morgan fingerprint density at radius 3 is 2.88 bits per heavy atom. The van der Waals surface area contributed by atoms with E-state index in [1.54, 1.807) is 29.1 Å². The van der Waals surface area contributed by atoms with Crippen LogP contribution >= 0.6 is 0 Å². The molecule has 4 rings (SSSR count). The summed E-state index contributed by atoms with van der Waals surface area (Å²) in [7, 11) is 0. The Hall–Kier alpha value is -3.03. The van der Waals surface area contributed by atoms with Gasteiger partial charge in [-0.25, -0.2) is 9.37 Å². The van der Waals surface area contributed by atoms with E-state index < -0.39 is 0 Å². The number of hydrogen-bond acceptors (Lipinski definition) is 4. The van der Waals surface area contributed by atoms with Crippen LogP contribution in [0, 0.1) is 5.82 Å². The fraction of sp³-hybridized carbons (Fsp3) is 0.333. The molecule has 8 heteroatoms. The molecule has 2 aromatic heterocycles. The van der Waals surface area contributed by atoms with Crippen LogP contribution in [0.15, 0.2) is 36.5 Å². The lowest BCUT2D eigenvalue weighted by Gasteiger charge is -2.23. The Kier molecular flexibility index (Phi) is 4.24. The van der Waals surface area contributed by atoms with Gasteiger partial charge in [0.25, 0.3) is 5.91 Å². The zero-order valence-corrected chi connectivity index (χ0v) is 14.4. The van der Waals surface area contributed by atoms with Gasteiger partial charge in [-0.1, -0.05) is 0 Å². The molecular weight excluding hydrogens is 335 g/mol. The van der Waals surface area contributed by atoms with Gasteiger partial charge in [0.15, 0.2) is 5.82 Å². The number of nitrogens with zero attached hydrogens (tertiary/aromatic N) is 5. The van der Waals surface area contributed by atoms with Crippen molar-refractivity contribution in [1.82, 2.24) is 29.9 Å². The van der Waals surface area contributed by atoms with E-state index in [0.717, 1.165) is 18.4 Å². The highest BCUT2D eigenvalue weighted by Crippen LogP contribution is 2.32. The molecule has 0 unspecified atom stereocenters. The normalized spacial score (nSPS) is 17.0. The summed E-state index contributed by atoms with van der Waals surface area (Å²) in [6.45, 7) is 3.27. The van der Waals surface area contributed by atoms with E-state index in [1.165, 1.54) is 12.1 Å². The minimum Gasteiger partial charge on any atom is -0.327 e. The standard InChI is InChI=1S/C18H19FN6O/c1-2-25-15(9-10-20-25)18(26)24-11-3-4-14(24)17-21-16(22-23-17)12-5-7-13(19)8-6-12/h5-10,14H,2-4,11H2,1H3,(H,21,22,23)/t14-/m0/s1. The first-order valence-corrected chi connectivity index (χ1v) is 8.68. The Morgan fingerprint density at radius 1 is 1.31 bits per heavy atom. The molecule has 1 amide bonds. The third-order valence-corrected chi connectivity index (χ3v) is 4.67. The van der Waals surface area contributed by atoms with Crippen LogP contribution in [0.4, 0.5) is 4.39 Å². The van der Waals surface area contributed by atoms with Crippen LogP contribution < -0.4 is 0 Å². The summed E-state index contributed by atoms with van der Waals surface area (Å²) in [5.41, 5.74) is 1.31. The van der Waals surface area contributed by atoms with Crippen molar-refractivity contribution in [3.63, 3.8) is 0 Å². The third-order valence-electron chi connectivity index (χ3n) is 4.67. The number of H-pyrrole nitrogens is 1. The molecular formula is C18H19FN6O. The lowest BCUT2D eigenvalue weighted by Crippen LogP contribution is -2.32. The number of likely N-dealkylation sites (tertiary alicyclic amines) is 1. The molecule has 1 fully saturated rings. The summed E-state index contributed by atoms with van der Waals surface area (Å²) in [5.74, 6) is 0.798. The Morgan fingerprint density at radius 2 is 2.12 bits per heavy atom. The van der Waals surface area contributed by atoms with Crippen LogP contribution in [0.5, 0.6) is 0 Å². The maximum Gasteiger partial charge on any atom is 0.272 e. The second kappa shape index (κ2) is 6.70. The molecule has 3 heterocycles. The Bertz CT molecular complexity index is 916. The number of halogens is 1. The summed E-state index contributed by atoms with van der Waals surface area (Å²) < 4.78 is 14.8. The molecule has 1 aromatic carbocycles. The van der Waals surface area contributed by atoms with Crippen LogP contribution in [0.1, 0.15) is 42.1 Å². The number of carbonyl (C=O) groups excluding carboxylic acids is 1. The summed E-state index contributed by atoms with van der Waals surface area (Å²) in [6.07, 6.45) is 3.37. The first-order valence-electron chi connectivity index (χ1n) is 8.68. The van der Waals surface area contributed by atoms with Crippen molar-refractivity contribution in [2.45, 2.75) is 32.4 Å². The summed E-state index contributed by atoms with van der Waals surface area (Å²) >= 11 is 0. The van der Waals surface area contributed by atoms with Crippen LogP contribution in [-0.2, 0) is 6.54 Å². The topological polar surface area (TPSA) is 79.7 Å². The van der Waals surface area contributed by atoms with Gasteiger partial charge < -0.3 is 4.90 Å². The number of benzene rings is 1. The lowest BCUT2D eigenvalue weighted by atomic mass is 10.2. The predicted octanol–water partition coefficient (Wildman–Crippen LogP) is 2.80. The highest BCUT2D eigenvalue weighted by molar-refractivity contribution is 5.93. The van der Waals surface area contributed by atoms with Crippen molar-refractivity contribution >= 4 is 5.91 Å². The van der Waals surface area contributed by atoms with Crippen LogP contribution in [0.3, 0.4) is 0 Å². The van der Waals surface area contributed by atoms with E-state index in [4.69, 9.17) is 0 Å². The molecule has 134 valence electrons. The Labute approximate surface area is 149 Å². The molecule has 0 saturated carbocycles. The summed E-state index contributed by atoms with van der Waals surface area (Å²) in [5, 5.41) is 11.4. The van der Waals surface area contributed by atoms with Crippen molar-refractivity contribution in [1.29, 1.82) is 0 Å². The van der Waals surface area contributed by atoms with E-state index in [2.05, 4.69) is 20.3 Å². The fourth-order valence-electron chi connectivity index (χ4n) is 3.36. The highest BCUT2D eigenvalue weighted by atomic mass is 19.1. The summed E-state index contributed by atoms with van der Waals surface area (Å²) in [4.78, 5) is 19.3. The van der Waals surface area contributed by atoms with Crippen molar-refractivity contribution in [3.05, 3.63) is 53.9 Å². The molecule has 1 N–H and O–H groups in total. The van der Waals surface area contributed by atoms with Crippen molar-refractivity contribution in [2.75, 3.05) is 6.54 Å². The molecule has 0 bridgehead atoms. The van der Waals surface area contributed by atoms with Crippen molar-refractivity contribution in [3.8, 4) is 11.4 Å². The monoisotopic (exact) mass is 354 g/mol. The van der Waals surface area contributed by atoms with Gasteiger partial charge in [-0.3, -0.25) is 14.6 Å². The molecule has 1 aliphatic heterocycles. The van der Waals surface area contributed by atoms with Gasteiger partial charge >= 0.3 is 0 Å². The smallest absolute Gasteiger partial charge is 0.272 e. The molecule has 1 atom stereocenters. The number of aryl methyl sites for hydroxylation is 1. The minimum atomic E-state index is -0.301. The van der Waals surface area contributed by atoms with Gasteiger partial charge in [-0.2, -0.15) is 10.2 Å². The summed E-state index contributed by atoms with van der Waals surface area (Å²) in [6, 6.07) is 7.63. The molecule has 1 aliphatic rings. The molecule has 26 heavy (non-hydrogen) atoms. The highest BCUT2D eigenvalue weighted by Gasteiger charge is 2.34. The zero-order valence-electron chi connectivity index (χ0n) is 14.4. The molecule has 3 aromatic rings. The van der Waals surface area contributed by atoms with E-state index in [9.17, 15) is 9.18 Å². The zero-order chi connectivity index (χ0) is 18.1. The third kappa shape index (κ3) is 2.87.